The Balaban J connectivity index is 1.60. The molecule has 2 aromatic heterocycles. The quantitative estimate of drug-likeness (QED) is 0.162. The summed E-state index contributed by atoms with van der Waals surface area (Å²) >= 11 is 1.92. The normalized spacial score (nSPS) is 11.6. The van der Waals surface area contributed by atoms with Crippen molar-refractivity contribution in [3.8, 4) is 11.1 Å². The first-order valence-corrected chi connectivity index (χ1v) is 18.5. The standard InChI is InChI=1S/C40H34OP2S/c1-27-25-28(2)36-35(26-27)41-40(43(33-21-13-7-14-22-33)34-23-15-8-16-24-34)38(36)37-29(3)44-30(4)39(37)42(31-17-9-5-10-18-31)32-19-11-6-12-20-32/h5-26H,1-4H3. The molecule has 0 fully saturated rings. The van der Waals surface area contributed by atoms with E-state index in [4.69, 9.17) is 4.42 Å². The fourth-order valence-electron chi connectivity index (χ4n) is 6.32. The van der Waals surface area contributed by atoms with E-state index in [0.29, 0.717) is 0 Å². The predicted molar refractivity (Wildman–Crippen MR) is 196 cm³/mol. The van der Waals surface area contributed by atoms with E-state index in [-0.39, 0.29) is 0 Å². The first-order valence-electron chi connectivity index (χ1n) is 15.0. The third-order valence-electron chi connectivity index (χ3n) is 8.08. The van der Waals surface area contributed by atoms with Gasteiger partial charge in [-0.2, -0.15) is 0 Å². The number of fused-ring (bicyclic) bond motifs is 1. The van der Waals surface area contributed by atoms with E-state index in [9.17, 15) is 0 Å². The highest BCUT2D eigenvalue weighted by Gasteiger charge is 2.33. The zero-order valence-electron chi connectivity index (χ0n) is 25.4. The summed E-state index contributed by atoms with van der Waals surface area (Å²) in [5.41, 5.74) is 7.17. The van der Waals surface area contributed by atoms with Crippen LogP contribution >= 0.6 is 27.2 Å². The monoisotopic (exact) mass is 624 g/mol. The lowest BCUT2D eigenvalue weighted by molar-refractivity contribution is 0.655. The van der Waals surface area contributed by atoms with Crippen LogP contribution in [0.1, 0.15) is 20.9 Å². The Morgan fingerprint density at radius 2 is 0.955 bits per heavy atom. The molecule has 1 nitrogen and oxygen atoms in total. The Labute approximate surface area is 266 Å². The average molecular weight is 625 g/mol. The number of hydrogen-bond acceptors (Lipinski definition) is 2. The van der Waals surface area contributed by atoms with Gasteiger partial charge in [-0.05, 0) is 74.0 Å². The molecule has 216 valence electrons. The lowest BCUT2D eigenvalue weighted by atomic mass is 10.00. The topological polar surface area (TPSA) is 13.1 Å². The molecule has 4 heteroatoms. The molecule has 0 saturated heterocycles. The number of thiophene rings is 1. The molecule has 5 aromatic carbocycles. The number of rotatable bonds is 7. The summed E-state index contributed by atoms with van der Waals surface area (Å²) in [4.78, 5) is 2.72. The Kier molecular flexibility index (Phi) is 8.09. The summed E-state index contributed by atoms with van der Waals surface area (Å²) in [7, 11) is -1.76. The molecule has 0 aliphatic rings. The molecule has 0 atom stereocenters. The Bertz CT molecular complexity index is 1970. The van der Waals surface area contributed by atoms with Crippen LogP contribution in [0.25, 0.3) is 22.1 Å². The minimum atomic E-state index is -0.957. The number of benzene rings is 5. The van der Waals surface area contributed by atoms with Crippen LogP contribution in [0.4, 0.5) is 0 Å². The molecular weight excluding hydrogens is 590 g/mol. The summed E-state index contributed by atoms with van der Waals surface area (Å²) in [5.74, 6) is 0. The van der Waals surface area contributed by atoms with Gasteiger partial charge in [0.2, 0.25) is 0 Å². The van der Waals surface area contributed by atoms with Crippen molar-refractivity contribution < 1.29 is 4.42 Å². The third-order valence-corrected chi connectivity index (χ3v) is 14.2. The van der Waals surface area contributed by atoms with Gasteiger partial charge in [0.15, 0.2) is 0 Å². The van der Waals surface area contributed by atoms with Crippen molar-refractivity contribution in [2.45, 2.75) is 27.7 Å². The van der Waals surface area contributed by atoms with Gasteiger partial charge in [-0.15, -0.1) is 11.3 Å². The van der Waals surface area contributed by atoms with Crippen molar-refractivity contribution in [2.24, 2.45) is 0 Å². The van der Waals surface area contributed by atoms with Crippen LogP contribution in [0.15, 0.2) is 138 Å². The molecule has 0 radical (unpaired) electrons. The first-order chi connectivity index (χ1) is 21.5. The van der Waals surface area contributed by atoms with Crippen molar-refractivity contribution in [1.29, 1.82) is 0 Å². The molecule has 0 N–H and O–H groups in total. The lowest BCUT2D eigenvalue weighted by Crippen LogP contribution is -2.25. The van der Waals surface area contributed by atoms with E-state index in [1.807, 2.05) is 11.3 Å². The van der Waals surface area contributed by atoms with Gasteiger partial charge in [0, 0.05) is 39.5 Å². The third kappa shape index (κ3) is 5.27. The smallest absolute Gasteiger partial charge is 0.143 e. The van der Waals surface area contributed by atoms with Gasteiger partial charge in [-0.25, -0.2) is 0 Å². The highest BCUT2D eigenvalue weighted by molar-refractivity contribution is 7.81. The zero-order chi connectivity index (χ0) is 30.2. The number of aryl methyl sites for hydroxylation is 4. The Morgan fingerprint density at radius 1 is 0.500 bits per heavy atom. The van der Waals surface area contributed by atoms with Crippen molar-refractivity contribution in [3.63, 3.8) is 0 Å². The maximum atomic E-state index is 7.14. The van der Waals surface area contributed by atoms with Crippen LogP contribution < -0.4 is 32.0 Å². The summed E-state index contributed by atoms with van der Waals surface area (Å²) < 4.78 is 7.14. The van der Waals surface area contributed by atoms with Crippen LogP contribution in [0.2, 0.25) is 0 Å². The first kappa shape index (κ1) is 28.9. The van der Waals surface area contributed by atoms with E-state index in [0.717, 1.165) is 11.1 Å². The zero-order valence-corrected chi connectivity index (χ0v) is 28.0. The molecule has 0 bridgehead atoms. The van der Waals surface area contributed by atoms with E-state index in [1.165, 1.54) is 63.9 Å². The van der Waals surface area contributed by atoms with Crippen LogP contribution in [0.3, 0.4) is 0 Å². The number of furan rings is 1. The predicted octanol–water partition coefficient (Wildman–Crippen LogP) is 8.91. The van der Waals surface area contributed by atoms with Gasteiger partial charge in [-0.3, -0.25) is 0 Å². The fraction of sp³-hybridized carbons (Fsp3) is 0.100. The molecule has 0 amide bonds. The molecule has 44 heavy (non-hydrogen) atoms. The molecule has 0 aliphatic heterocycles. The van der Waals surface area contributed by atoms with E-state index in [2.05, 4.69) is 161 Å². The molecular formula is C40H34OP2S. The summed E-state index contributed by atoms with van der Waals surface area (Å²) in [6.07, 6.45) is 0. The largest absolute Gasteiger partial charge is 0.455 e. The van der Waals surface area contributed by atoms with E-state index in [1.54, 1.807) is 0 Å². The molecule has 7 rings (SSSR count). The maximum absolute atomic E-state index is 7.14. The molecule has 0 aliphatic carbocycles. The second-order valence-corrected chi connectivity index (χ2v) is 16.9. The second-order valence-electron chi connectivity index (χ2n) is 11.2. The minimum absolute atomic E-state index is 0.807. The highest BCUT2D eigenvalue weighted by Crippen LogP contribution is 2.48. The average Bonchev–Trinajstić information content (AvgIpc) is 3.55. The van der Waals surface area contributed by atoms with Crippen LogP contribution in [0, 0.1) is 27.7 Å². The number of hydrogen-bond donors (Lipinski definition) is 0. The van der Waals surface area contributed by atoms with E-state index < -0.39 is 15.8 Å². The van der Waals surface area contributed by atoms with Gasteiger partial charge < -0.3 is 4.42 Å². The second kappa shape index (κ2) is 12.3. The van der Waals surface area contributed by atoms with Crippen molar-refractivity contribution in [2.75, 3.05) is 0 Å². The summed E-state index contributed by atoms with van der Waals surface area (Å²) in [6, 6.07) is 48.6. The Morgan fingerprint density at radius 3 is 1.43 bits per heavy atom. The molecule has 0 unspecified atom stereocenters. The summed E-state index contributed by atoms with van der Waals surface area (Å²) in [6.45, 7) is 9.03. The molecule has 2 heterocycles. The lowest BCUT2D eigenvalue weighted by Gasteiger charge is -2.23. The van der Waals surface area contributed by atoms with Crippen molar-refractivity contribution in [1.82, 2.24) is 0 Å². The van der Waals surface area contributed by atoms with Gasteiger partial charge in [-0.1, -0.05) is 127 Å². The van der Waals surface area contributed by atoms with Gasteiger partial charge in [0.05, 0.1) is 0 Å². The van der Waals surface area contributed by atoms with Crippen LogP contribution in [-0.4, -0.2) is 0 Å². The Hall–Kier alpha value is -3.80. The van der Waals surface area contributed by atoms with Crippen molar-refractivity contribution in [3.05, 3.63) is 154 Å². The van der Waals surface area contributed by atoms with Gasteiger partial charge in [0.25, 0.3) is 0 Å². The van der Waals surface area contributed by atoms with Crippen LogP contribution in [-0.2, 0) is 0 Å². The van der Waals surface area contributed by atoms with Crippen LogP contribution in [0.5, 0.6) is 0 Å². The highest BCUT2D eigenvalue weighted by atomic mass is 32.1. The van der Waals surface area contributed by atoms with Gasteiger partial charge >= 0.3 is 0 Å². The molecule has 7 aromatic rings. The minimum Gasteiger partial charge on any atom is -0.455 e. The summed E-state index contributed by atoms with van der Waals surface area (Å²) in [5, 5.41) is 8.01. The molecule has 0 saturated carbocycles. The van der Waals surface area contributed by atoms with Gasteiger partial charge in [0.1, 0.15) is 11.1 Å². The van der Waals surface area contributed by atoms with E-state index >= 15 is 0 Å². The maximum Gasteiger partial charge on any atom is 0.143 e. The SMILES string of the molecule is Cc1cc(C)c2c(-c3c(C)sc(C)c3P(c3ccccc3)c3ccccc3)c(P(c3ccccc3)c3ccccc3)oc2c1. The molecule has 0 spiro atoms. The van der Waals surface area contributed by atoms with Crippen molar-refractivity contribution >= 4 is 70.2 Å². The fourth-order valence-corrected chi connectivity index (χ4v) is 12.7.